The van der Waals surface area contributed by atoms with Gasteiger partial charge < -0.3 is 5.32 Å². The van der Waals surface area contributed by atoms with Crippen molar-refractivity contribution in [2.45, 2.75) is 45.6 Å². The normalized spacial score (nSPS) is 22.8. The van der Waals surface area contributed by atoms with E-state index in [1.807, 2.05) is 12.1 Å². The van der Waals surface area contributed by atoms with Gasteiger partial charge in [0.1, 0.15) is 6.07 Å². The maximum absolute atomic E-state index is 9.00. The standard InChI is InChI=1S/C14H19N3/c1-14(2)7-3-5-11(9-14)17-12-6-4-8-16-13(12)10-15/h4,6,8,11,17H,3,5,7,9H2,1-2H3. The summed E-state index contributed by atoms with van der Waals surface area (Å²) in [5.41, 5.74) is 1.78. The second-order valence-electron chi connectivity index (χ2n) is 5.61. The van der Waals surface area contributed by atoms with Crippen LogP contribution in [-0.4, -0.2) is 11.0 Å². The van der Waals surface area contributed by atoms with Crippen LogP contribution in [0.15, 0.2) is 18.3 Å². The molecule has 1 aromatic heterocycles. The number of hydrogen-bond donors (Lipinski definition) is 1. The van der Waals surface area contributed by atoms with Crippen LogP contribution in [0.2, 0.25) is 0 Å². The van der Waals surface area contributed by atoms with Gasteiger partial charge in [-0.1, -0.05) is 20.3 Å². The average molecular weight is 229 g/mol. The maximum atomic E-state index is 9.00. The number of nitrogens with zero attached hydrogens (tertiary/aromatic N) is 2. The SMILES string of the molecule is CC1(C)CCCC(Nc2cccnc2C#N)C1. The molecule has 1 aliphatic rings. The Kier molecular flexibility index (Phi) is 3.33. The monoisotopic (exact) mass is 229 g/mol. The van der Waals surface area contributed by atoms with Crippen molar-refractivity contribution in [3.63, 3.8) is 0 Å². The molecule has 3 heteroatoms. The molecule has 1 fully saturated rings. The third-order valence-corrected chi connectivity index (χ3v) is 3.48. The molecule has 0 spiro atoms. The van der Waals surface area contributed by atoms with Gasteiger partial charge >= 0.3 is 0 Å². The Hall–Kier alpha value is -1.56. The van der Waals surface area contributed by atoms with Gasteiger partial charge in [0.15, 0.2) is 5.69 Å². The number of nitriles is 1. The zero-order valence-electron chi connectivity index (χ0n) is 10.5. The maximum Gasteiger partial charge on any atom is 0.163 e. The summed E-state index contributed by atoms with van der Waals surface area (Å²) < 4.78 is 0. The van der Waals surface area contributed by atoms with Gasteiger partial charge in [-0.25, -0.2) is 4.98 Å². The van der Waals surface area contributed by atoms with E-state index in [1.54, 1.807) is 6.20 Å². The Bertz CT molecular complexity index is 431. The number of hydrogen-bond acceptors (Lipinski definition) is 3. The number of nitrogens with one attached hydrogen (secondary N) is 1. The Morgan fingerprint density at radius 3 is 3.06 bits per heavy atom. The smallest absolute Gasteiger partial charge is 0.163 e. The highest BCUT2D eigenvalue weighted by molar-refractivity contribution is 5.53. The minimum Gasteiger partial charge on any atom is -0.380 e. The second kappa shape index (κ2) is 4.75. The van der Waals surface area contributed by atoms with Gasteiger partial charge in [-0.3, -0.25) is 0 Å². The molecular weight excluding hydrogens is 210 g/mol. The summed E-state index contributed by atoms with van der Waals surface area (Å²) in [6, 6.07) is 6.41. The Morgan fingerprint density at radius 1 is 1.53 bits per heavy atom. The van der Waals surface area contributed by atoms with E-state index < -0.39 is 0 Å². The van der Waals surface area contributed by atoms with Crippen molar-refractivity contribution in [1.29, 1.82) is 5.26 Å². The summed E-state index contributed by atoms with van der Waals surface area (Å²) >= 11 is 0. The molecule has 17 heavy (non-hydrogen) atoms. The first kappa shape index (κ1) is 11.9. The average Bonchev–Trinajstić information content (AvgIpc) is 2.28. The van der Waals surface area contributed by atoms with Gasteiger partial charge in [0.25, 0.3) is 0 Å². The molecule has 1 atom stereocenters. The van der Waals surface area contributed by atoms with Crippen molar-refractivity contribution >= 4 is 5.69 Å². The van der Waals surface area contributed by atoms with Gasteiger partial charge in [-0.05, 0) is 36.8 Å². The van der Waals surface area contributed by atoms with Gasteiger partial charge in [-0.15, -0.1) is 0 Å². The van der Waals surface area contributed by atoms with E-state index in [0.29, 0.717) is 17.2 Å². The lowest BCUT2D eigenvalue weighted by atomic mass is 9.75. The van der Waals surface area contributed by atoms with Gasteiger partial charge in [-0.2, -0.15) is 5.26 Å². The Balaban J connectivity index is 2.08. The number of pyridine rings is 1. The number of rotatable bonds is 2. The van der Waals surface area contributed by atoms with Crippen LogP contribution in [0.1, 0.15) is 45.2 Å². The van der Waals surface area contributed by atoms with Crippen LogP contribution in [0.25, 0.3) is 0 Å². The molecule has 3 nitrogen and oxygen atoms in total. The lowest BCUT2D eigenvalue weighted by Crippen LogP contribution is -2.32. The van der Waals surface area contributed by atoms with E-state index in [-0.39, 0.29) is 0 Å². The molecule has 0 radical (unpaired) electrons. The molecule has 0 aromatic carbocycles. The summed E-state index contributed by atoms with van der Waals surface area (Å²) in [4.78, 5) is 4.08. The fraction of sp³-hybridized carbons (Fsp3) is 0.571. The van der Waals surface area contributed by atoms with Crippen LogP contribution in [0.3, 0.4) is 0 Å². The predicted octanol–water partition coefficient (Wildman–Crippen LogP) is 3.33. The number of aromatic nitrogens is 1. The molecule has 1 aromatic rings. The van der Waals surface area contributed by atoms with Gasteiger partial charge in [0.2, 0.25) is 0 Å². The quantitative estimate of drug-likeness (QED) is 0.846. The second-order valence-corrected chi connectivity index (χ2v) is 5.61. The van der Waals surface area contributed by atoms with Crippen LogP contribution in [0, 0.1) is 16.7 Å². The fourth-order valence-electron chi connectivity index (χ4n) is 2.65. The molecule has 1 heterocycles. The first-order chi connectivity index (χ1) is 8.11. The van der Waals surface area contributed by atoms with Gasteiger partial charge in [0.05, 0.1) is 5.69 Å². The van der Waals surface area contributed by atoms with Crippen molar-refractivity contribution in [3.8, 4) is 6.07 Å². The van der Waals surface area contributed by atoms with E-state index >= 15 is 0 Å². The van der Waals surface area contributed by atoms with Crippen molar-refractivity contribution in [2.24, 2.45) is 5.41 Å². The summed E-state index contributed by atoms with van der Waals surface area (Å²) in [6.07, 6.45) is 6.56. The van der Waals surface area contributed by atoms with E-state index in [4.69, 9.17) is 5.26 Å². The molecule has 2 rings (SSSR count). The largest absolute Gasteiger partial charge is 0.380 e. The van der Waals surface area contributed by atoms with Crippen LogP contribution in [-0.2, 0) is 0 Å². The summed E-state index contributed by atoms with van der Waals surface area (Å²) in [7, 11) is 0. The Labute approximate surface area is 103 Å². The van der Waals surface area contributed by atoms with E-state index in [2.05, 4.69) is 30.2 Å². The number of anilines is 1. The predicted molar refractivity (Wildman–Crippen MR) is 68.6 cm³/mol. The molecule has 0 saturated heterocycles. The zero-order chi connectivity index (χ0) is 12.3. The van der Waals surface area contributed by atoms with Gasteiger partial charge in [0, 0.05) is 12.2 Å². The third kappa shape index (κ3) is 2.97. The van der Waals surface area contributed by atoms with E-state index in [1.165, 1.54) is 19.3 Å². The van der Waals surface area contributed by atoms with Crippen molar-refractivity contribution < 1.29 is 0 Å². The third-order valence-electron chi connectivity index (χ3n) is 3.48. The first-order valence-electron chi connectivity index (χ1n) is 6.22. The minimum absolute atomic E-state index is 0.408. The molecule has 90 valence electrons. The van der Waals surface area contributed by atoms with E-state index in [0.717, 1.165) is 12.1 Å². The lowest BCUT2D eigenvalue weighted by molar-refractivity contribution is 0.229. The van der Waals surface area contributed by atoms with Crippen molar-refractivity contribution in [2.75, 3.05) is 5.32 Å². The minimum atomic E-state index is 0.408. The molecule has 1 aliphatic carbocycles. The lowest BCUT2D eigenvalue weighted by Gasteiger charge is -2.36. The van der Waals surface area contributed by atoms with Crippen molar-refractivity contribution in [1.82, 2.24) is 4.98 Å². The molecular formula is C14H19N3. The Morgan fingerprint density at radius 2 is 2.35 bits per heavy atom. The van der Waals surface area contributed by atoms with Crippen LogP contribution in [0.4, 0.5) is 5.69 Å². The van der Waals surface area contributed by atoms with Crippen molar-refractivity contribution in [3.05, 3.63) is 24.0 Å². The summed E-state index contributed by atoms with van der Waals surface area (Å²) in [5, 5.41) is 12.5. The van der Waals surface area contributed by atoms with Crippen LogP contribution < -0.4 is 5.32 Å². The van der Waals surface area contributed by atoms with E-state index in [9.17, 15) is 0 Å². The van der Waals surface area contributed by atoms with Crippen LogP contribution in [0.5, 0.6) is 0 Å². The first-order valence-corrected chi connectivity index (χ1v) is 6.22. The topological polar surface area (TPSA) is 48.7 Å². The highest BCUT2D eigenvalue weighted by Gasteiger charge is 2.28. The highest BCUT2D eigenvalue weighted by Crippen LogP contribution is 2.36. The highest BCUT2D eigenvalue weighted by atomic mass is 14.9. The molecule has 0 bridgehead atoms. The molecule has 1 unspecified atom stereocenters. The molecule has 1 N–H and O–H groups in total. The summed E-state index contributed by atoms with van der Waals surface area (Å²) in [5.74, 6) is 0. The molecule has 1 saturated carbocycles. The zero-order valence-corrected chi connectivity index (χ0v) is 10.5. The fourth-order valence-corrected chi connectivity index (χ4v) is 2.65. The molecule has 0 amide bonds. The summed E-state index contributed by atoms with van der Waals surface area (Å²) in [6.45, 7) is 4.63. The molecule has 0 aliphatic heterocycles. The van der Waals surface area contributed by atoms with Crippen LogP contribution >= 0.6 is 0 Å².